The third kappa shape index (κ3) is 29.6. The molecule has 0 aliphatic rings. The van der Waals surface area contributed by atoms with Gasteiger partial charge in [0.2, 0.25) is 0 Å². The number of hydrogen-bond acceptors (Lipinski definition) is 6. The number of pyridine rings is 6. The molecular weight excluding hydrogens is 1470 g/mol. The molecule has 0 saturated heterocycles. The summed E-state index contributed by atoms with van der Waals surface area (Å²) in [5.41, 5.74) is 34.2. The van der Waals surface area contributed by atoms with Crippen molar-refractivity contribution in [1.82, 2.24) is 29.9 Å². The Kier molecular flexibility index (Phi) is 34.7. The molecule has 0 radical (unpaired) electrons. The van der Waals surface area contributed by atoms with Crippen LogP contribution < -0.4 is 0 Å². The highest BCUT2D eigenvalue weighted by molar-refractivity contribution is 5.71. The third-order valence-electron chi connectivity index (χ3n) is 19.3. The van der Waals surface area contributed by atoms with Gasteiger partial charge >= 0.3 is 0 Å². The number of hydrogen-bond donors (Lipinski definition) is 0. The Bertz CT molecular complexity index is 5540. The second-order valence-corrected chi connectivity index (χ2v) is 29.0. The summed E-state index contributed by atoms with van der Waals surface area (Å²) in [6, 6.07) is 121. The summed E-state index contributed by atoms with van der Waals surface area (Å²) < 4.78 is 25.6. The summed E-state index contributed by atoms with van der Waals surface area (Å²) in [5.74, 6) is -0.385. The maximum absolute atomic E-state index is 12.9. The van der Waals surface area contributed by atoms with Gasteiger partial charge in [-0.05, 0) is 254 Å². The first kappa shape index (κ1) is 87.8. The van der Waals surface area contributed by atoms with E-state index in [9.17, 15) is 8.78 Å². The van der Waals surface area contributed by atoms with Crippen molar-refractivity contribution in [2.75, 3.05) is 0 Å². The molecule has 594 valence electrons. The Labute approximate surface area is 709 Å². The van der Waals surface area contributed by atoms with Crippen LogP contribution in [-0.2, 0) is 0 Å². The van der Waals surface area contributed by atoms with E-state index in [1.54, 1.807) is 42.9 Å². The van der Waals surface area contributed by atoms with Crippen LogP contribution in [0, 0.1) is 80.9 Å². The summed E-state index contributed by atoms with van der Waals surface area (Å²) in [7, 11) is 0. The molecule has 12 aromatic carbocycles. The summed E-state index contributed by atoms with van der Waals surface area (Å²) in [6.07, 6.45) is 21.9. The van der Waals surface area contributed by atoms with Gasteiger partial charge in [-0.1, -0.05) is 330 Å². The Morgan fingerprint density at radius 1 is 0.150 bits per heavy atom. The highest BCUT2D eigenvalue weighted by Gasteiger charge is 2.05. The van der Waals surface area contributed by atoms with Crippen molar-refractivity contribution in [2.24, 2.45) is 0 Å². The predicted octanol–water partition coefficient (Wildman–Crippen LogP) is 29.9. The molecule has 6 nitrogen and oxygen atoms in total. The van der Waals surface area contributed by atoms with E-state index in [0.29, 0.717) is 0 Å². The van der Waals surface area contributed by atoms with E-state index in [1.807, 2.05) is 160 Å². The van der Waals surface area contributed by atoms with Crippen molar-refractivity contribution in [2.45, 2.75) is 69.2 Å². The van der Waals surface area contributed by atoms with E-state index >= 15 is 0 Å². The summed E-state index contributed by atoms with van der Waals surface area (Å²) in [6.45, 7) is 20.9. The second kappa shape index (κ2) is 47.4. The van der Waals surface area contributed by atoms with Crippen LogP contribution in [0.15, 0.2) is 438 Å². The van der Waals surface area contributed by atoms with E-state index in [4.69, 9.17) is 0 Å². The Balaban J connectivity index is 0.000000142. The van der Waals surface area contributed by atoms with Crippen LogP contribution >= 0.6 is 0 Å². The highest BCUT2D eigenvalue weighted by atomic mass is 19.1. The number of nitrogens with zero attached hydrogens (tertiary/aromatic N) is 6. The molecule has 0 unspecified atom stereocenters. The van der Waals surface area contributed by atoms with Gasteiger partial charge < -0.3 is 0 Å². The fourth-order valence-electron chi connectivity index (χ4n) is 12.4. The zero-order valence-electron chi connectivity index (χ0n) is 70.0. The standard InChI is InChI=1S/C14H14.2C13H11F.6C12H11N/c1-11-6-8-13(9-7-11)14-5-3-4-12(2)10-14;1-10-2-4-11(5-3-10)12-6-8-13(14)9-7-12;1-10-5-7-11(8-6-10)12-3-2-4-13(14)9-12;1-10-2-4-11(5-3-10)12-6-8-13-9-7-12;2*1-10-4-6-11(7-5-10)12-3-2-8-13-9-12;1-10-5-2-3-7-12(10)11-6-4-8-13-9-11;1-10-3-2-4-12(9-10)11-5-7-13-8-6-11;1-10-4-2-3-5-12(10)11-6-8-13-9-7-11/h3-10H,1-2H3;2*2-9H,1H3;6*2-9H,1H3. The number of rotatable bonds is 9. The number of halogens is 2. The molecule has 0 fully saturated rings. The van der Waals surface area contributed by atoms with Gasteiger partial charge in [0.1, 0.15) is 11.6 Å². The monoisotopic (exact) mass is 1570 g/mol. The quantitative estimate of drug-likeness (QED) is 0.143. The Morgan fingerprint density at radius 3 is 0.708 bits per heavy atom. The van der Waals surface area contributed by atoms with Crippen molar-refractivity contribution in [1.29, 1.82) is 0 Å². The lowest BCUT2D eigenvalue weighted by Gasteiger charge is -2.03. The van der Waals surface area contributed by atoms with Gasteiger partial charge in [-0.2, -0.15) is 0 Å². The molecule has 0 bridgehead atoms. The van der Waals surface area contributed by atoms with Gasteiger partial charge in [-0.3, -0.25) is 29.9 Å². The van der Waals surface area contributed by atoms with Crippen molar-refractivity contribution < 1.29 is 8.78 Å². The highest BCUT2D eigenvalue weighted by Crippen LogP contribution is 2.28. The molecule has 6 heterocycles. The van der Waals surface area contributed by atoms with Gasteiger partial charge in [-0.15, -0.1) is 0 Å². The van der Waals surface area contributed by atoms with E-state index in [0.717, 1.165) is 22.3 Å². The molecule has 0 spiro atoms. The average molecular weight is 1570 g/mol. The fourth-order valence-corrected chi connectivity index (χ4v) is 12.4. The molecule has 0 amide bonds. The lowest BCUT2D eigenvalue weighted by molar-refractivity contribution is 0.627. The molecule has 0 aliphatic heterocycles. The molecule has 18 rings (SSSR count). The van der Waals surface area contributed by atoms with Gasteiger partial charge in [-0.25, -0.2) is 8.78 Å². The zero-order chi connectivity index (χ0) is 84.5. The van der Waals surface area contributed by atoms with Crippen LogP contribution in [0.5, 0.6) is 0 Å². The minimum atomic E-state index is -0.194. The van der Waals surface area contributed by atoms with Crippen molar-refractivity contribution in [3.05, 3.63) is 506 Å². The molecular formula is C112H102F2N6. The molecule has 18 aromatic rings. The third-order valence-corrected chi connectivity index (χ3v) is 19.3. The van der Waals surface area contributed by atoms with Crippen molar-refractivity contribution >= 4 is 0 Å². The lowest BCUT2D eigenvalue weighted by atomic mass is 10.0. The Morgan fingerprint density at radius 2 is 0.400 bits per heavy atom. The van der Waals surface area contributed by atoms with Crippen molar-refractivity contribution in [3.8, 4) is 100 Å². The number of aromatic nitrogens is 6. The van der Waals surface area contributed by atoms with Crippen LogP contribution in [0.3, 0.4) is 0 Å². The maximum atomic E-state index is 12.9. The van der Waals surface area contributed by atoms with E-state index in [1.165, 1.54) is 152 Å². The summed E-state index contributed by atoms with van der Waals surface area (Å²) in [4.78, 5) is 24.3. The normalized spacial score (nSPS) is 10.0. The number of aryl methyl sites for hydroxylation is 10. The van der Waals surface area contributed by atoms with Gasteiger partial charge in [0.05, 0.1) is 0 Å². The van der Waals surface area contributed by atoms with Crippen LogP contribution in [0.1, 0.15) is 55.6 Å². The van der Waals surface area contributed by atoms with Gasteiger partial charge in [0, 0.05) is 79.9 Å². The fraction of sp³-hybridized carbons (Fsp3) is 0.0893. The minimum absolute atomic E-state index is 0.192. The largest absolute Gasteiger partial charge is 0.265 e. The molecule has 0 aliphatic carbocycles. The second-order valence-electron chi connectivity index (χ2n) is 29.0. The maximum Gasteiger partial charge on any atom is 0.123 e. The molecule has 0 N–H and O–H groups in total. The van der Waals surface area contributed by atoms with E-state index in [-0.39, 0.29) is 11.6 Å². The molecule has 0 saturated carbocycles. The molecule has 8 heteroatoms. The summed E-state index contributed by atoms with van der Waals surface area (Å²) >= 11 is 0. The zero-order valence-corrected chi connectivity index (χ0v) is 70.0. The van der Waals surface area contributed by atoms with Crippen LogP contribution in [0.2, 0.25) is 0 Å². The molecule has 6 aromatic heterocycles. The van der Waals surface area contributed by atoms with E-state index < -0.39 is 0 Å². The molecule has 120 heavy (non-hydrogen) atoms. The number of benzene rings is 12. The smallest absolute Gasteiger partial charge is 0.123 e. The van der Waals surface area contributed by atoms with Crippen LogP contribution in [-0.4, -0.2) is 29.9 Å². The van der Waals surface area contributed by atoms with Gasteiger partial charge in [0.15, 0.2) is 0 Å². The first-order chi connectivity index (χ1) is 58.5. The van der Waals surface area contributed by atoms with Gasteiger partial charge in [0.25, 0.3) is 0 Å². The summed E-state index contributed by atoms with van der Waals surface area (Å²) in [5, 5.41) is 0. The first-order valence-corrected chi connectivity index (χ1v) is 40.1. The average Bonchev–Trinajstić information content (AvgIpc) is 0.853. The van der Waals surface area contributed by atoms with E-state index in [2.05, 4.69) is 317 Å². The topological polar surface area (TPSA) is 77.3 Å². The SMILES string of the molecule is Cc1ccc(-c2ccc(F)cc2)cc1.Cc1ccc(-c2cccc(C)c2)cc1.Cc1ccc(-c2cccc(F)c2)cc1.Cc1ccc(-c2cccnc2)cc1.Cc1ccc(-c2cccnc2)cc1.Cc1ccc(-c2ccncc2)cc1.Cc1cccc(-c2ccncc2)c1.Cc1ccccc1-c1cccnc1.Cc1ccccc1-c1ccncc1. The van der Waals surface area contributed by atoms with Crippen molar-refractivity contribution in [3.63, 3.8) is 0 Å². The predicted molar refractivity (Wildman–Crippen MR) is 501 cm³/mol. The van der Waals surface area contributed by atoms with Crippen LogP contribution in [0.4, 0.5) is 8.78 Å². The first-order valence-electron chi connectivity index (χ1n) is 40.1. The van der Waals surface area contributed by atoms with Crippen LogP contribution in [0.25, 0.3) is 100 Å². The minimum Gasteiger partial charge on any atom is -0.265 e. The Hall–Kier alpha value is -14.6. The lowest BCUT2D eigenvalue weighted by Crippen LogP contribution is -1.82. The molecule has 0 atom stereocenters.